The van der Waals surface area contributed by atoms with Crippen molar-refractivity contribution in [2.75, 3.05) is 6.61 Å². The van der Waals surface area contributed by atoms with Gasteiger partial charge in [-0.25, -0.2) is 13.2 Å². The Balaban J connectivity index is 1.89. The monoisotopic (exact) mass is 400 g/mol. The van der Waals surface area contributed by atoms with Crippen LogP contribution in [0.25, 0.3) is 10.8 Å². The number of ether oxygens (including phenoxy) is 1. The molecular formula is C24H23F3O2. The van der Waals surface area contributed by atoms with Crippen LogP contribution >= 0.6 is 0 Å². The van der Waals surface area contributed by atoms with Crippen molar-refractivity contribution in [3.8, 4) is 5.75 Å². The zero-order valence-corrected chi connectivity index (χ0v) is 16.5. The van der Waals surface area contributed by atoms with E-state index in [0.29, 0.717) is 5.56 Å². The number of rotatable bonds is 8. The standard InChI is InChI=1S/C24H23F3O2/c1-3-5-15-6-8-18-13-16(7-9-17(18)12-15)14-20(28)19-10-11-21(29-4-2)23(25)22(19)24(26)27/h6-13,24H,3-5,14H2,1-2H3. The third kappa shape index (κ3) is 4.61. The maximum atomic E-state index is 14.4. The van der Waals surface area contributed by atoms with Crippen molar-refractivity contribution in [2.45, 2.75) is 39.5 Å². The molecule has 0 spiro atoms. The zero-order valence-electron chi connectivity index (χ0n) is 16.5. The Kier molecular flexibility index (Phi) is 6.57. The van der Waals surface area contributed by atoms with Gasteiger partial charge in [0.25, 0.3) is 6.43 Å². The average molecular weight is 400 g/mol. The van der Waals surface area contributed by atoms with E-state index in [1.807, 2.05) is 30.3 Å². The first-order chi connectivity index (χ1) is 13.9. The van der Waals surface area contributed by atoms with Crippen molar-refractivity contribution >= 4 is 16.6 Å². The summed E-state index contributed by atoms with van der Waals surface area (Å²) in [6.45, 7) is 3.89. The lowest BCUT2D eigenvalue weighted by Crippen LogP contribution is -2.11. The normalized spacial score (nSPS) is 11.2. The lowest BCUT2D eigenvalue weighted by molar-refractivity contribution is 0.0975. The molecule has 0 heterocycles. The van der Waals surface area contributed by atoms with Gasteiger partial charge in [0.05, 0.1) is 12.2 Å². The van der Waals surface area contributed by atoms with Gasteiger partial charge in [-0.1, -0.05) is 49.7 Å². The largest absolute Gasteiger partial charge is 0.491 e. The summed E-state index contributed by atoms with van der Waals surface area (Å²) in [5.74, 6) is -1.99. The van der Waals surface area contributed by atoms with Crippen molar-refractivity contribution in [1.29, 1.82) is 0 Å². The molecule has 0 saturated heterocycles. The highest BCUT2D eigenvalue weighted by molar-refractivity contribution is 5.99. The molecule has 0 N–H and O–H groups in total. The molecule has 5 heteroatoms. The number of hydrogen-bond acceptors (Lipinski definition) is 2. The maximum Gasteiger partial charge on any atom is 0.267 e. The summed E-state index contributed by atoms with van der Waals surface area (Å²) in [6, 6.07) is 14.2. The number of fused-ring (bicyclic) bond motifs is 1. The minimum absolute atomic E-state index is 0.0835. The Bertz CT molecular complexity index is 1030. The van der Waals surface area contributed by atoms with Gasteiger partial charge in [0.2, 0.25) is 0 Å². The smallest absolute Gasteiger partial charge is 0.267 e. The molecule has 2 nitrogen and oxygen atoms in total. The van der Waals surface area contributed by atoms with Gasteiger partial charge in [0.15, 0.2) is 17.3 Å². The summed E-state index contributed by atoms with van der Waals surface area (Å²) in [7, 11) is 0. The third-order valence-electron chi connectivity index (χ3n) is 4.84. The van der Waals surface area contributed by atoms with Crippen LogP contribution in [0.5, 0.6) is 5.75 Å². The molecule has 0 amide bonds. The van der Waals surface area contributed by atoms with Crippen molar-refractivity contribution in [3.05, 3.63) is 76.6 Å². The Hall–Kier alpha value is -2.82. The number of hydrogen-bond donors (Lipinski definition) is 0. The highest BCUT2D eigenvalue weighted by atomic mass is 19.3. The molecule has 0 aliphatic rings. The van der Waals surface area contributed by atoms with Crippen LogP contribution in [0.1, 0.15) is 53.7 Å². The van der Waals surface area contributed by atoms with Crippen molar-refractivity contribution in [3.63, 3.8) is 0 Å². The van der Waals surface area contributed by atoms with Crippen LogP contribution in [0.2, 0.25) is 0 Å². The number of benzene rings is 3. The van der Waals surface area contributed by atoms with Crippen LogP contribution < -0.4 is 4.74 Å². The molecule has 152 valence electrons. The average Bonchev–Trinajstić information content (AvgIpc) is 2.69. The number of alkyl halides is 2. The Labute approximate surface area is 168 Å². The van der Waals surface area contributed by atoms with E-state index < -0.39 is 23.6 Å². The molecule has 0 fully saturated rings. The molecule has 29 heavy (non-hydrogen) atoms. The number of ketones is 1. The predicted octanol–water partition coefficient (Wildman–Crippen LogP) is 6.69. The minimum Gasteiger partial charge on any atom is -0.491 e. The molecule has 0 aliphatic heterocycles. The van der Waals surface area contributed by atoms with Gasteiger partial charge < -0.3 is 4.74 Å². The van der Waals surface area contributed by atoms with Crippen LogP contribution in [0, 0.1) is 5.82 Å². The Morgan fingerprint density at radius 2 is 1.62 bits per heavy atom. The molecule has 3 rings (SSSR count). The van der Waals surface area contributed by atoms with E-state index in [1.54, 1.807) is 6.92 Å². The molecule has 0 bridgehead atoms. The molecule has 0 saturated carbocycles. The lowest BCUT2D eigenvalue weighted by Gasteiger charge is -2.13. The van der Waals surface area contributed by atoms with Crippen LogP contribution in [0.3, 0.4) is 0 Å². The van der Waals surface area contributed by atoms with Gasteiger partial charge >= 0.3 is 0 Å². The Morgan fingerprint density at radius 1 is 0.966 bits per heavy atom. The van der Waals surface area contributed by atoms with E-state index in [-0.39, 0.29) is 24.3 Å². The Morgan fingerprint density at radius 3 is 2.24 bits per heavy atom. The van der Waals surface area contributed by atoms with Gasteiger partial charge in [0, 0.05) is 12.0 Å². The van der Waals surface area contributed by atoms with E-state index in [1.165, 1.54) is 17.7 Å². The number of Topliss-reactive ketones (excluding diaryl/α,β-unsaturated/α-hetero) is 1. The second kappa shape index (κ2) is 9.12. The van der Waals surface area contributed by atoms with Gasteiger partial charge in [-0.15, -0.1) is 0 Å². The topological polar surface area (TPSA) is 26.3 Å². The van der Waals surface area contributed by atoms with Crippen molar-refractivity contribution in [2.24, 2.45) is 0 Å². The molecule has 0 unspecified atom stereocenters. The molecule has 0 atom stereocenters. The third-order valence-corrected chi connectivity index (χ3v) is 4.84. The summed E-state index contributed by atoms with van der Waals surface area (Å²) in [6.07, 6.45) is -1.14. The van der Waals surface area contributed by atoms with Crippen molar-refractivity contribution in [1.82, 2.24) is 0 Å². The summed E-state index contributed by atoms with van der Waals surface area (Å²) in [4.78, 5) is 12.7. The van der Waals surface area contributed by atoms with Crippen LogP contribution in [-0.4, -0.2) is 12.4 Å². The van der Waals surface area contributed by atoms with E-state index in [2.05, 4.69) is 13.0 Å². The van der Waals surface area contributed by atoms with Gasteiger partial charge in [-0.2, -0.15) is 0 Å². The molecule has 3 aromatic rings. The summed E-state index contributed by atoms with van der Waals surface area (Å²) >= 11 is 0. The SMILES string of the molecule is CCCc1ccc2cc(CC(=O)c3ccc(OCC)c(F)c3C(F)F)ccc2c1. The van der Waals surface area contributed by atoms with Crippen LogP contribution in [0.4, 0.5) is 13.2 Å². The first kappa shape index (κ1) is 20.9. The van der Waals surface area contributed by atoms with Crippen LogP contribution in [-0.2, 0) is 12.8 Å². The predicted molar refractivity (Wildman–Crippen MR) is 109 cm³/mol. The molecule has 0 aromatic heterocycles. The highest BCUT2D eigenvalue weighted by Crippen LogP contribution is 2.32. The fourth-order valence-corrected chi connectivity index (χ4v) is 3.48. The molecule has 0 aliphatic carbocycles. The fourth-order valence-electron chi connectivity index (χ4n) is 3.48. The second-order valence-corrected chi connectivity index (χ2v) is 6.94. The van der Waals surface area contributed by atoms with E-state index >= 15 is 0 Å². The van der Waals surface area contributed by atoms with Crippen LogP contribution in [0.15, 0.2) is 48.5 Å². The van der Waals surface area contributed by atoms with Crippen molar-refractivity contribution < 1.29 is 22.7 Å². The minimum atomic E-state index is -3.11. The maximum absolute atomic E-state index is 14.4. The number of halogens is 3. The molecule has 0 radical (unpaired) electrons. The highest BCUT2D eigenvalue weighted by Gasteiger charge is 2.25. The van der Waals surface area contributed by atoms with E-state index in [9.17, 15) is 18.0 Å². The summed E-state index contributed by atoms with van der Waals surface area (Å²) < 4.78 is 46.4. The molecule has 3 aromatic carbocycles. The number of carbonyl (C=O) groups excluding carboxylic acids is 1. The number of aryl methyl sites for hydroxylation is 1. The van der Waals surface area contributed by atoms with Gasteiger partial charge in [-0.05, 0) is 47.4 Å². The first-order valence-corrected chi connectivity index (χ1v) is 9.72. The second-order valence-electron chi connectivity index (χ2n) is 6.94. The number of carbonyl (C=O) groups is 1. The van der Waals surface area contributed by atoms with E-state index in [0.717, 1.165) is 23.6 Å². The van der Waals surface area contributed by atoms with E-state index in [4.69, 9.17) is 4.74 Å². The molecular weight excluding hydrogens is 377 g/mol. The lowest BCUT2D eigenvalue weighted by atomic mass is 9.96. The summed E-state index contributed by atoms with van der Waals surface area (Å²) in [5.41, 5.74) is 0.737. The zero-order chi connectivity index (χ0) is 21.0. The first-order valence-electron chi connectivity index (χ1n) is 9.72. The van der Waals surface area contributed by atoms with Gasteiger partial charge in [0.1, 0.15) is 0 Å². The summed E-state index contributed by atoms with van der Waals surface area (Å²) in [5, 5.41) is 2.04. The fraction of sp³-hybridized carbons (Fsp3) is 0.292. The quantitative estimate of drug-likeness (QED) is 0.394. The van der Waals surface area contributed by atoms with Gasteiger partial charge in [-0.3, -0.25) is 4.79 Å².